The third-order valence-electron chi connectivity index (χ3n) is 1.72. The first kappa shape index (κ1) is 11.0. The highest BCUT2D eigenvalue weighted by atomic mass is 19.1. The van der Waals surface area contributed by atoms with Crippen LogP contribution < -0.4 is 11.1 Å². The summed E-state index contributed by atoms with van der Waals surface area (Å²) in [6.07, 6.45) is 1.10. The summed E-state index contributed by atoms with van der Waals surface area (Å²) in [4.78, 5) is 0. The minimum atomic E-state index is -0.646. The summed E-state index contributed by atoms with van der Waals surface area (Å²) in [7, 11) is 0. The Bertz CT molecular complexity index is 421. The van der Waals surface area contributed by atoms with E-state index in [0.29, 0.717) is 0 Å². The monoisotopic (exact) mass is 209 g/mol. The standard InChI is InChI=1S/C10H9F2N3/c11-8-2-1-7(9(12)5-8)6-15-10(14)3-4-13/h1-3,5,15H,6,14H2. The maximum Gasteiger partial charge on any atom is 0.131 e. The van der Waals surface area contributed by atoms with E-state index in [4.69, 9.17) is 11.0 Å². The molecule has 0 saturated carbocycles. The number of rotatable bonds is 3. The van der Waals surface area contributed by atoms with Gasteiger partial charge in [0.05, 0.1) is 12.1 Å². The number of benzene rings is 1. The Morgan fingerprint density at radius 1 is 1.53 bits per heavy atom. The van der Waals surface area contributed by atoms with Crippen LogP contribution in [0.25, 0.3) is 0 Å². The first-order valence-corrected chi connectivity index (χ1v) is 4.16. The number of hydrogen-bond donors (Lipinski definition) is 2. The van der Waals surface area contributed by atoms with Crippen molar-refractivity contribution < 1.29 is 8.78 Å². The van der Waals surface area contributed by atoms with Crippen molar-refractivity contribution in [1.29, 1.82) is 5.26 Å². The van der Waals surface area contributed by atoms with Gasteiger partial charge in [0, 0.05) is 18.2 Å². The smallest absolute Gasteiger partial charge is 0.131 e. The van der Waals surface area contributed by atoms with Crippen molar-refractivity contribution in [3.63, 3.8) is 0 Å². The fourth-order valence-corrected chi connectivity index (χ4v) is 0.983. The van der Waals surface area contributed by atoms with Crippen molar-refractivity contribution in [3.05, 3.63) is 47.3 Å². The highest BCUT2D eigenvalue weighted by molar-refractivity contribution is 5.19. The van der Waals surface area contributed by atoms with Gasteiger partial charge in [0.2, 0.25) is 0 Å². The summed E-state index contributed by atoms with van der Waals surface area (Å²) >= 11 is 0. The number of nitriles is 1. The van der Waals surface area contributed by atoms with Crippen LogP contribution in [-0.4, -0.2) is 0 Å². The molecule has 0 spiro atoms. The molecule has 15 heavy (non-hydrogen) atoms. The van der Waals surface area contributed by atoms with E-state index in [1.165, 1.54) is 6.07 Å². The highest BCUT2D eigenvalue weighted by Gasteiger charge is 2.02. The lowest BCUT2D eigenvalue weighted by Crippen LogP contribution is -2.19. The van der Waals surface area contributed by atoms with E-state index in [0.717, 1.165) is 18.2 Å². The molecular weight excluding hydrogens is 200 g/mol. The van der Waals surface area contributed by atoms with Gasteiger partial charge in [0.25, 0.3) is 0 Å². The summed E-state index contributed by atoms with van der Waals surface area (Å²) in [6, 6.07) is 4.99. The number of allylic oxidation sites excluding steroid dienone is 1. The lowest BCUT2D eigenvalue weighted by atomic mass is 10.2. The molecule has 0 unspecified atom stereocenters. The van der Waals surface area contributed by atoms with Crippen molar-refractivity contribution in [2.75, 3.05) is 0 Å². The molecule has 0 aliphatic rings. The zero-order chi connectivity index (χ0) is 11.3. The second kappa shape index (κ2) is 4.96. The van der Waals surface area contributed by atoms with Gasteiger partial charge >= 0.3 is 0 Å². The van der Waals surface area contributed by atoms with Crippen LogP contribution in [0.1, 0.15) is 5.56 Å². The Labute approximate surface area is 85.8 Å². The molecule has 0 aromatic heterocycles. The van der Waals surface area contributed by atoms with E-state index in [1.807, 2.05) is 0 Å². The molecule has 0 bridgehead atoms. The maximum absolute atomic E-state index is 13.1. The Balaban J connectivity index is 2.67. The summed E-state index contributed by atoms with van der Waals surface area (Å²) in [6.45, 7) is 0.107. The van der Waals surface area contributed by atoms with Crippen LogP contribution >= 0.6 is 0 Å². The van der Waals surface area contributed by atoms with Crippen LogP contribution in [0.2, 0.25) is 0 Å². The molecule has 0 heterocycles. The molecule has 1 rings (SSSR count). The molecule has 0 fully saturated rings. The largest absolute Gasteiger partial charge is 0.385 e. The van der Waals surface area contributed by atoms with Gasteiger partial charge in [-0.2, -0.15) is 5.26 Å². The molecule has 1 aromatic rings. The average Bonchev–Trinajstić information content (AvgIpc) is 2.17. The first-order chi connectivity index (χ1) is 7.13. The number of nitrogens with zero attached hydrogens (tertiary/aromatic N) is 1. The van der Waals surface area contributed by atoms with Crippen molar-refractivity contribution in [3.8, 4) is 6.07 Å². The molecular formula is C10H9F2N3. The summed E-state index contributed by atoms with van der Waals surface area (Å²) in [5.41, 5.74) is 5.63. The molecule has 3 nitrogen and oxygen atoms in total. The Morgan fingerprint density at radius 2 is 2.27 bits per heavy atom. The summed E-state index contributed by atoms with van der Waals surface area (Å²) < 4.78 is 25.6. The Morgan fingerprint density at radius 3 is 2.87 bits per heavy atom. The molecule has 0 amide bonds. The van der Waals surface area contributed by atoms with Gasteiger partial charge in [0.1, 0.15) is 17.5 Å². The van der Waals surface area contributed by atoms with E-state index >= 15 is 0 Å². The van der Waals surface area contributed by atoms with Gasteiger partial charge in [0.15, 0.2) is 0 Å². The molecule has 0 saturated heterocycles. The molecule has 0 aliphatic carbocycles. The molecule has 78 valence electrons. The molecule has 5 heteroatoms. The molecule has 0 atom stereocenters. The summed E-state index contributed by atoms with van der Waals surface area (Å²) in [5, 5.41) is 10.9. The minimum Gasteiger partial charge on any atom is -0.385 e. The van der Waals surface area contributed by atoms with Crippen LogP contribution in [0.5, 0.6) is 0 Å². The third-order valence-corrected chi connectivity index (χ3v) is 1.72. The molecule has 0 radical (unpaired) electrons. The van der Waals surface area contributed by atoms with Crippen molar-refractivity contribution in [2.45, 2.75) is 6.54 Å². The molecule has 1 aromatic carbocycles. The molecule has 3 N–H and O–H groups in total. The minimum absolute atomic E-state index is 0.107. The van der Waals surface area contributed by atoms with Gasteiger partial charge in [-0.15, -0.1) is 0 Å². The third kappa shape index (κ3) is 3.27. The van der Waals surface area contributed by atoms with Crippen LogP contribution in [-0.2, 0) is 6.54 Å². The van der Waals surface area contributed by atoms with Gasteiger partial charge in [-0.05, 0) is 6.07 Å². The number of nitrogens with one attached hydrogen (secondary N) is 1. The van der Waals surface area contributed by atoms with E-state index < -0.39 is 11.6 Å². The SMILES string of the molecule is N#CC=C(N)NCc1ccc(F)cc1F. The fraction of sp³-hybridized carbons (Fsp3) is 0.100. The van der Waals surface area contributed by atoms with E-state index in [2.05, 4.69) is 5.32 Å². The van der Waals surface area contributed by atoms with Gasteiger partial charge in [-0.25, -0.2) is 8.78 Å². The second-order valence-corrected chi connectivity index (χ2v) is 2.82. The first-order valence-electron chi connectivity index (χ1n) is 4.16. The van der Waals surface area contributed by atoms with Gasteiger partial charge in [-0.3, -0.25) is 0 Å². The van der Waals surface area contributed by atoms with Gasteiger partial charge in [-0.1, -0.05) is 6.07 Å². The number of hydrogen-bond acceptors (Lipinski definition) is 3. The van der Waals surface area contributed by atoms with Crippen LogP contribution in [0.3, 0.4) is 0 Å². The van der Waals surface area contributed by atoms with Gasteiger partial charge < -0.3 is 11.1 Å². The maximum atomic E-state index is 13.1. The quantitative estimate of drug-likeness (QED) is 0.739. The summed E-state index contributed by atoms with van der Waals surface area (Å²) in [5.74, 6) is -1.13. The number of halogens is 2. The van der Waals surface area contributed by atoms with Crippen LogP contribution in [0.4, 0.5) is 8.78 Å². The predicted molar refractivity (Wildman–Crippen MR) is 51.1 cm³/mol. The van der Waals surface area contributed by atoms with Crippen LogP contribution in [0, 0.1) is 23.0 Å². The predicted octanol–water partition coefficient (Wildman–Crippen LogP) is 1.38. The Kier molecular flexibility index (Phi) is 3.63. The van der Waals surface area contributed by atoms with E-state index in [9.17, 15) is 8.78 Å². The zero-order valence-electron chi connectivity index (χ0n) is 7.80. The lowest BCUT2D eigenvalue weighted by Gasteiger charge is -2.06. The van der Waals surface area contributed by atoms with Crippen LogP contribution in [0.15, 0.2) is 30.1 Å². The molecule has 0 aliphatic heterocycles. The van der Waals surface area contributed by atoms with E-state index in [1.54, 1.807) is 6.07 Å². The highest BCUT2D eigenvalue weighted by Crippen LogP contribution is 2.09. The topological polar surface area (TPSA) is 61.8 Å². The van der Waals surface area contributed by atoms with E-state index in [-0.39, 0.29) is 17.9 Å². The zero-order valence-corrected chi connectivity index (χ0v) is 7.80. The lowest BCUT2D eigenvalue weighted by molar-refractivity contribution is 0.567. The fourth-order valence-electron chi connectivity index (χ4n) is 0.983. The van der Waals surface area contributed by atoms with Crippen molar-refractivity contribution in [2.24, 2.45) is 5.73 Å². The van der Waals surface area contributed by atoms with Crippen molar-refractivity contribution >= 4 is 0 Å². The Hall–Kier alpha value is -2.09. The second-order valence-electron chi connectivity index (χ2n) is 2.82. The number of nitrogens with two attached hydrogens (primary N) is 1. The van der Waals surface area contributed by atoms with Crippen molar-refractivity contribution in [1.82, 2.24) is 5.32 Å². The normalized spacial score (nSPS) is 10.9. The average molecular weight is 209 g/mol.